The first-order chi connectivity index (χ1) is 13.9. The van der Waals surface area contributed by atoms with Crippen molar-refractivity contribution in [2.75, 3.05) is 19.6 Å². The lowest BCUT2D eigenvalue weighted by Gasteiger charge is -2.22. The molecule has 2 amide bonds. The molecule has 160 valence electrons. The van der Waals surface area contributed by atoms with Crippen molar-refractivity contribution in [3.05, 3.63) is 75.8 Å². The van der Waals surface area contributed by atoms with Gasteiger partial charge in [0.1, 0.15) is 6.04 Å². The Balaban J connectivity index is 0.00000320. The molecule has 0 bridgehead atoms. The molecule has 0 aliphatic carbocycles. The molecule has 1 aliphatic rings. The first-order valence-corrected chi connectivity index (χ1v) is 9.49. The fraction of sp³-hybridized carbons (Fsp3) is 0.333. The molecule has 2 aromatic carbocycles. The Kier molecular flexibility index (Phi) is 7.91. The van der Waals surface area contributed by atoms with Crippen molar-refractivity contribution in [1.29, 1.82) is 0 Å². The zero-order valence-electron chi connectivity index (χ0n) is 16.6. The van der Waals surface area contributed by atoms with Gasteiger partial charge in [-0.3, -0.25) is 19.7 Å². The number of nitrogens with one attached hydrogen (secondary N) is 1. The zero-order valence-corrected chi connectivity index (χ0v) is 17.4. The van der Waals surface area contributed by atoms with E-state index in [0.717, 1.165) is 5.56 Å². The van der Waals surface area contributed by atoms with E-state index in [1.54, 1.807) is 11.8 Å². The minimum Gasteiger partial charge on any atom is -0.341 e. The van der Waals surface area contributed by atoms with Gasteiger partial charge in [0.05, 0.1) is 4.92 Å². The van der Waals surface area contributed by atoms with Gasteiger partial charge in [-0.05, 0) is 31.0 Å². The lowest BCUT2D eigenvalue weighted by molar-refractivity contribution is -0.384. The molecule has 1 fully saturated rings. The first kappa shape index (κ1) is 23.3. The van der Waals surface area contributed by atoms with E-state index in [0.29, 0.717) is 19.6 Å². The summed E-state index contributed by atoms with van der Waals surface area (Å²) in [6.45, 7) is 3.16. The second kappa shape index (κ2) is 10.2. The molecular weight excluding hydrogens is 408 g/mol. The highest BCUT2D eigenvalue weighted by Gasteiger charge is 2.36. The average Bonchev–Trinajstić information content (AvgIpc) is 3.18. The van der Waals surface area contributed by atoms with Gasteiger partial charge in [-0.2, -0.15) is 0 Å². The topological polar surface area (TPSA) is 119 Å². The van der Waals surface area contributed by atoms with Crippen LogP contribution in [0.25, 0.3) is 0 Å². The highest BCUT2D eigenvalue weighted by molar-refractivity contribution is 5.97. The van der Waals surface area contributed by atoms with E-state index in [4.69, 9.17) is 5.73 Å². The third kappa shape index (κ3) is 5.14. The van der Waals surface area contributed by atoms with Crippen molar-refractivity contribution in [2.24, 2.45) is 11.7 Å². The van der Waals surface area contributed by atoms with Crippen LogP contribution in [0.1, 0.15) is 28.8 Å². The van der Waals surface area contributed by atoms with Gasteiger partial charge >= 0.3 is 0 Å². The Bertz CT molecular complexity index is 909. The van der Waals surface area contributed by atoms with Gasteiger partial charge in [0.2, 0.25) is 5.91 Å². The minimum absolute atomic E-state index is 0. The molecule has 8 nitrogen and oxygen atoms in total. The standard InChI is InChI=1S/C21H24N4O4.ClH/c1-14(23-20(26)16-8-5-9-18(10-16)25(28)29)21(27)24-12-17(11-22)19(13-24)15-6-3-2-4-7-15;/h2-10,14,17,19H,11-13,22H2,1H3,(H,23,26);1H/t14?,17-,19+;/m1./s1. The molecule has 1 heterocycles. The lowest BCUT2D eigenvalue weighted by atomic mass is 9.89. The van der Waals surface area contributed by atoms with Gasteiger partial charge in [-0.15, -0.1) is 12.4 Å². The summed E-state index contributed by atoms with van der Waals surface area (Å²) < 4.78 is 0. The number of carbonyl (C=O) groups is 2. The number of carbonyl (C=O) groups excluding carboxylic acids is 2. The van der Waals surface area contributed by atoms with Gasteiger partial charge in [0.15, 0.2) is 0 Å². The lowest BCUT2D eigenvalue weighted by Crippen LogP contribution is -2.46. The number of amides is 2. The number of halogens is 1. The van der Waals surface area contributed by atoms with Gasteiger partial charge in [0, 0.05) is 36.7 Å². The highest BCUT2D eigenvalue weighted by Crippen LogP contribution is 2.32. The SMILES string of the molecule is CC(NC(=O)c1cccc([N+](=O)[O-])c1)C(=O)N1C[C@@H](CN)[C@H](c2ccccc2)C1.Cl. The Morgan fingerprint density at radius 3 is 2.53 bits per heavy atom. The van der Waals surface area contributed by atoms with Gasteiger partial charge < -0.3 is 16.0 Å². The molecule has 9 heteroatoms. The van der Waals surface area contributed by atoms with Crippen LogP contribution >= 0.6 is 12.4 Å². The molecule has 0 saturated carbocycles. The van der Waals surface area contributed by atoms with E-state index < -0.39 is 16.9 Å². The van der Waals surface area contributed by atoms with E-state index in [2.05, 4.69) is 5.32 Å². The zero-order chi connectivity index (χ0) is 21.0. The van der Waals surface area contributed by atoms with E-state index >= 15 is 0 Å². The van der Waals surface area contributed by atoms with Crippen molar-refractivity contribution in [1.82, 2.24) is 10.2 Å². The van der Waals surface area contributed by atoms with Crippen LogP contribution in [0, 0.1) is 16.0 Å². The van der Waals surface area contributed by atoms with Crippen molar-refractivity contribution in [3.8, 4) is 0 Å². The summed E-state index contributed by atoms with van der Waals surface area (Å²) in [5.41, 5.74) is 7.05. The first-order valence-electron chi connectivity index (χ1n) is 9.49. The monoisotopic (exact) mass is 432 g/mol. The second-order valence-corrected chi connectivity index (χ2v) is 7.26. The number of benzene rings is 2. The van der Waals surface area contributed by atoms with Crippen LogP contribution in [0.2, 0.25) is 0 Å². The highest BCUT2D eigenvalue weighted by atomic mass is 35.5. The van der Waals surface area contributed by atoms with Crippen LogP contribution in [-0.2, 0) is 4.79 Å². The summed E-state index contributed by atoms with van der Waals surface area (Å²) in [7, 11) is 0. The maximum atomic E-state index is 12.9. The van der Waals surface area contributed by atoms with Crippen molar-refractivity contribution in [2.45, 2.75) is 18.9 Å². The van der Waals surface area contributed by atoms with Gasteiger partial charge in [-0.1, -0.05) is 36.4 Å². The van der Waals surface area contributed by atoms with Crippen LogP contribution in [0.15, 0.2) is 54.6 Å². The molecule has 1 aliphatic heterocycles. The van der Waals surface area contributed by atoms with Crippen molar-refractivity contribution in [3.63, 3.8) is 0 Å². The predicted octanol–water partition coefficient (Wildman–Crippen LogP) is 2.34. The number of hydrogen-bond donors (Lipinski definition) is 2. The molecule has 1 unspecified atom stereocenters. The molecule has 0 aromatic heterocycles. The van der Waals surface area contributed by atoms with Gasteiger partial charge in [-0.25, -0.2) is 0 Å². The number of nitrogens with two attached hydrogens (primary N) is 1. The summed E-state index contributed by atoms with van der Waals surface area (Å²) >= 11 is 0. The Hall–Kier alpha value is -2.97. The molecule has 2 aromatic rings. The number of rotatable bonds is 6. The van der Waals surface area contributed by atoms with E-state index in [1.165, 1.54) is 24.3 Å². The average molecular weight is 433 g/mol. The summed E-state index contributed by atoms with van der Waals surface area (Å²) in [6, 6.07) is 14.6. The quantitative estimate of drug-likeness (QED) is 0.536. The summed E-state index contributed by atoms with van der Waals surface area (Å²) in [6.07, 6.45) is 0. The number of nitrogens with zero attached hydrogens (tertiary/aromatic N) is 2. The number of hydrogen-bond acceptors (Lipinski definition) is 5. The normalized spacial score (nSPS) is 18.9. The molecule has 30 heavy (non-hydrogen) atoms. The largest absolute Gasteiger partial charge is 0.341 e. The number of non-ortho nitro benzene ring substituents is 1. The molecule has 0 spiro atoms. The summed E-state index contributed by atoms with van der Waals surface area (Å²) in [4.78, 5) is 37.4. The molecule has 0 radical (unpaired) electrons. The molecule has 1 saturated heterocycles. The third-order valence-corrected chi connectivity index (χ3v) is 5.32. The van der Waals surface area contributed by atoms with E-state index in [1.807, 2.05) is 30.3 Å². The van der Waals surface area contributed by atoms with E-state index in [9.17, 15) is 19.7 Å². The van der Waals surface area contributed by atoms with Crippen LogP contribution < -0.4 is 11.1 Å². The predicted molar refractivity (Wildman–Crippen MR) is 116 cm³/mol. The number of nitro benzene ring substituents is 1. The van der Waals surface area contributed by atoms with Gasteiger partial charge in [0.25, 0.3) is 11.6 Å². The van der Waals surface area contributed by atoms with Crippen LogP contribution in [0.4, 0.5) is 5.69 Å². The fourth-order valence-electron chi connectivity index (χ4n) is 3.74. The summed E-state index contributed by atoms with van der Waals surface area (Å²) in [5, 5.41) is 13.5. The number of nitro groups is 1. The molecule has 3 atom stereocenters. The van der Waals surface area contributed by atoms with Crippen LogP contribution in [0.3, 0.4) is 0 Å². The maximum Gasteiger partial charge on any atom is 0.270 e. The molecule has 3 rings (SSSR count). The molecule has 3 N–H and O–H groups in total. The van der Waals surface area contributed by atoms with Crippen molar-refractivity contribution >= 4 is 29.9 Å². The van der Waals surface area contributed by atoms with Crippen LogP contribution in [0.5, 0.6) is 0 Å². The minimum atomic E-state index is -0.755. The van der Waals surface area contributed by atoms with Crippen LogP contribution in [-0.4, -0.2) is 47.3 Å². The number of likely N-dealkylation sites (tertiary alicyclic amines) is 1. The third-order valence-electron chi connectivity index (χ3n) is 5.32. The molecular formula is C21H25ClN4O4. The fourth-order valence-corrected chi connectivity index (χ4v) is 3.74. The second-order valence-electron chi connectivity index (χ2n) is 7.26. The van der Waals surface area contributed by atoms with Crippen molar-refractivity contribution < 1.29 is 14.5 Å². The Morgan fingerprint density at radius 1 is 1.20 bits per heavy atom. The Labute approximate surface area is 181 Å². The van der Waals surface area contributed by atoms with E-state index in [-0.39, 0.29) is 41.4 Å². The Morgan fingerprint density at radius 2 is 1.90 bits per heavy atom. The smallest absolute Gasteiger partial charge is 0.270 e. The maximum absolute atomic E-state index is 12.9. The summed E-state index contributed by atoms with van der Waals surface area (Å²) in [5.74, 6) is -0.407.